The van der Waals surface area contributed by atoms with Gasteiger partial charge in [0, 0.05) is 29.2 Å². The van der Waals surface area contributed by atoms with Crippen molar-refractivity contribution in [3.8, 4) is 33.8 Å². The lowest BCUT2D eigenvalue weighted by Crippen LogP contribution is -2.21. The number of nitrogens with zero attached hydrogens (tertiary/aromatic N) is 3. The van der Waals surface area contributed by atoms with E-state index in [1.165, 1.54) is 12.1 Å². The first kappa shape index (κ1) is 22.1. The fraction of sp³-hybridized carbons (Fsp3) is 0.0800. The predicted octanol–water partition coefficient (Wildman–Crippen LogP) is 4.35. The zero-order valence-corrected chi connectivity index (χ0v) is 19.8. The van der Waals surface area contributed by atoms with E-state index in [0.717, 1.165) is 45.2 Å². The van der Waals surface area contributed by atoms with Gasteiger partial charge in [0.1, 0.15) is 17.0 Å². The van der Waals surface area contributed by atoms with Gasteiger partial charge in [-0.1, -0.05) is 12.1 Å². The predicted molar refractivity (Wildman–Crippen MR) is 136 cm³/mol. The van der Waals surface area contributed by atoms with E-state index >= 15 is 0 Å². The molecule has 0 radical (unpaired) electrons. The van der Waals surface area contributed by atoms with Gasteiger partial charge in [-0.2, -0.15) is 10.2 Å². The quantitative estimate of drug-likeness (QED) is 0.269. The molecule has 0 atom stereocenters. The molecule has 0 aliphatic carbocycles. The average molecular weight is 502 g/mol. The second kappa shape index (κ2) is 8.40. The molecule has 180 valence electrons. The molecule has 9 nitrogen and oxygen atoms in total. The van der Waals surface area contributed by atoms with Crippen LogP contribution >= 0.6 is 0 Å². The smallest absolute Gasteiger partial charge is 0.209 e. The first-order valence-electron chi connectivity index (χ1n) is 11.0. The molecular formula is C25H20FN7O2S. The van der Waals surface area contributed by atoms with E-state index in [4.69, 9.17) is 4.98 Å². The van der Waals surface area contributed by atoms with Crippen LogP contribution < -0.4 is 4.72 Å². The SMILES string of the molecule is CS(=O)(=O)NCc1cc(F)cc(-c2cccc3[nH]c(-c4n[nH]c5ccc(-c6cn[nH]c6)nc45)cc23)c1. The lowest BCUT2D eigenvalue weighted by Gasteiger charge is -2.08. The van der Waals surface area contributed by atoms with E-state index in [2.05, 4.69) is 30.1 Å². The van der Waals surface area contributed by atoms with Gasteiger partial charge in [-0.15, -0.1) is 0 Å². The number of aromatic nitrogens is 6. The molecule has 0 saturated heterocycles. The molecule has 0 bridgehead atoms. The fourth-order valence-electron chi connectivity index (χ4n) is 4.30. The topological polar surface area (TPSA) is 132 Å². The molecule has 6 rings (SSSR count). The van der Waals surface area contributed by atoms with E-state index in [-0.39, 0.29) is 6.54 Å². The number of fused-ring (bicyclic) bond motifs is 2. The maximum absolute atomic E-state index is 14.5. The van der Waals surface area contributed by atoms with E-state index in [0.29, 0.717) is 22.3 Å². The summed E-state index contributed by atoms with van der Waals surface area (Å²) >= 11 is 0. The summed E-state index contributed by atoms with van der Waals surface area (Å²) in [7, 11) is -3.40. The Morgan fingerprint density at radius 3 is 2.72 bits per heavy atom. The fourth-order valence-corrected chi connectivity index (χ4v) is 4.72. The summed E-state index contributed by atoms with van der Waals surface area (Å²) in [6, 6.07) is 16.1. The molecule has 0 fully saturated rings. The zero-order chi connectivity index (χ0) is 24.9. The Kier molecular flexibility index (Phi) is 5.16. The second-order valence-electron chi connectivity index (χ2n) is 8.54. The van der Waals surface area contributed by atoms with Gasteiger partial charge >= 0.3 is 0 Å². The van der Waals surface area contributed by atoms with Crippen LogP contribution in [0, 0.1) is 5.82 Å². The highest BCUT2D eigenvalue weighted by Gasteiger charge is 2.16. The number of rotatable bonds is 6. The van der Waals surface area contributed by atoms with Crippen LogP contribution in [0.1, 0.15) is 5.56 Å². The third-order valence-electron chi connectivity index (χ3n) is 5.93. The minimum absolute atomic E-state index is 0.00187. The third kappa shape index (κ3) is 4.14. The van der Waals surface area contributed by atoms with Crippen LogP contribution in [0.3, 0.4) is 0 Å². The largest absolute Gasteiger partial charge is 0.353 e. The number of nitrogens with one attached hydrogen (secondary N) is 4. The number of halogens is 1. The summed E-state index contributed by atoms with van der Waals surface area (Å²) in [5, 5.41) is 15.2. The summed E-state index contributed by atoms with van der Waals surface area (Å²) in [4.78, 5) is 8.19. The molecule has 0 amide bonds. The number of benzene rings is 2. The van der Waals surface area contributed by atoms with Crippen LogP contribution in [0.2, 0.25) is 0 Å². The average Bonchev–Trinajstić information content (AvgIpc) is 3.60. The first-order chi connectivity index (χ1) is 17.3. The van der Waals surface area contributed by atoms with E-state index in [9.17, 15) is 12.8 Å². The first-order valence-corrected chi connectivity index (χ1v) is 12.9. The maximum Gasteiger partial charge on any atom is 0.209 e. The van der Waals surface area contributed by atoms with Gasteiger partial charge in [0.25, 0.3) is 0 Å². The lowest BCUT2D eigenvalue weighted by atomic mass is 9.99. The Balaban J connectivity index is 1.44. The van der Waals surface area contributed by atoms with Crippen molar-refractivity contribution in [2.24, 2.45) is 0 Å². The van der Waals surface area contributed by atoms with Crippen LogP contribution in [0.25, 0.3) is 55.7 Å². The van der Waals surface area contributed by atoms with Crippen molar-refractivity contribution in [3.63, 3.8) is 0 Å². The monoisotopic (exact) mass is 501 g/mol. The number of H-pyrrole nitrogens is 3. The van der Waals surface area contributed by atoms with Gasteiger partial charge in [0.15, 0.2) is 0 Å². The standard InChI is InChI=1S/C25H20FN7O2S/c1-36(34,35)29-11-14-7-15(9-17(26)8-14)18-3-2-4-21-19(18)10-23(30-21)25-24-22(32-33-25)6-5-20(31-24)16-12-27-28-13-16/h2-10,12-13,29-30H,11H2,1H3,(H,27,28)(H,32,33). The Labute approximate surface area is 204 Å². The maximum atomic E-state index is 14.5. The molecular weight excluding hydrogens is 481 g/mol. The summed E-state index contributed by atoms with van der Waals surface area (Å²) in [6.45, 7) is 0.00187. The van der Waals surface area contributed by atoms with Crippen LogP contribution in [0.15, 0.2) is 67.0 Å². The van der Waals surface area contributed by atoms with Gasteiger partial charge in [0.2, 0.25) is 10.0 Å². The van der Waals surface area contributed by atoms with E-state index in [1.807, 2.05) is 36.4 Å². The van der Waals surface area contributed by atoms with Crippen LogP contribution in [-0.2, 0) is 16.6 Å². The van der Waals surface area contributed by atoms with E-state index in [1.54, 1.807) is 18.5 Å². The molecule has 6 aromatic rings. The molecule has 0 aliphatic rings. The van der Waals surface area contributed by atoms with Crippen molar-refractivity contribution in [2.45, 2.75) is 6.54 Å². The van der Waals surface area contributed by atoms with Gasteiger partial charge in [-0.3, -0.25) is 10.2 Å². The van der Waals surface area contributed by atoms with Crippen molar-refractivity contribution in [3.05, 3.63) is 78.4 Å². The minimum atomic E-state index is -3.40. The van der Waals surface area contributed by atoms with Crippen molar-refractivity contribution >= 4 is 32.0 Å². The van der Waals surface area contributed by atoms with Crippen molar-refractivity contribution in [1.82, 2.24) is 35.1 Å². The summed E-state index contributed by atoms with van der Waals surface area (Å²) < 4.78 is 39.9. The van der Waals surface area contributed by atoms with Crippen LogP contribution in [-0.4, -0.2) is 45.0 Å². The van der Waals surface area contributed by atoms with Crippen molar-refractivity contribution in [2.75, 3.05) is 6.26 Å². The zero-order valence-electron chi connectivity index (χ0n) is 19.0. The van der Waals surface area contributed by atoms with Gasteiger partial charge < -0.3 is 4.98 Å². The highest BCUT2D eigenvalue weighted by Crippen LogP contribution is 2.34. The number of hydrogen-bond acceptors (Lipinski definition) is 5. The molecule has 4 N–H and O–H groups in total. The highest BCUT2D eigenvalue weighted by atomic mass is 32.2. The molecule has 4 heterocycles. The highest BCUT2D eigenvalue weighted by molar-refractivity contribution is 7.88. The Hall–Kier alpha value is -4.35. The molecule has 0 spiro atoms. The lowest BCUT2D eigenvalue weighted by molar-refractivity contribution is 0.586. The molecule has 0 unspecified atom stereocenters. The second-order valence-corrected chi connectivity index (χ2v) is 10.4. The molecule has 36 heavy (non-hydrogen) atoms. The van der Waals surface area contributed by atoms with Gasteiger partial charge in [0.05, 0.1) is 29.4 Å². The van der Waals surface area contributed by atoms with Crippen molar-refractivity contribution < 1.29 is 12.8 Å². The number of sulfonamides is 1. The molecule has 2 aromatic carbocycles. The number of aromatic amines is 3. The number of hydrogen-bond donors (Lipinski definition) is 4. The molecule has 0 saturated carbocycles. The molecule has 4 aromatic heterocycles. The van der Waals surface area contributed by atoms with E-state index < -0.39 is 15.8 Å². The molecule has 0 aliphatic heterocycles. The minimum Gasteiger partial charge on any atom is -0.353 e. The Morgan fingerprint density at radius 2 is 1.92 bits per heavy atom. The van der Waals surface area contributed by atoms with Gasteiger partial charge in [-0.05, 0) is 59.2 Å². The Morgan fingerprint density at radius 1 is 1.03 bits per heavy atom. The number of pyridine rings is 1. The summed E-state index contributed by atoms with van der Waals surface area (Å²) in [5.41, 5.74) is 7.39. The summed E-state index contributed by atoms with van der Waals surface area (Å²) in [6.07, 6.45) is 4.56. The van der Waals surface area contributed by atoms with Crippen LogP contribution in [0.5, 0.6) is 0 Å². The van der Waals surface area contributed by atoms with Crippen LogP contribution in [0.4, 0.5) is 4.39 Å². The van der Waals surface area contributed by atoms with Crippen molar-refractivity contribution in [1.29, 1.82) is 0 Å². The normalized spacial score (nSPS) is 12.1. The Bertz CT molecular complexity index is 1840. The van der Waals surface area contributed by atoms with Gasteiger partial charge in [-0.25, -0.2) is 22.5 Å². The summed E-state index contributed by atoms with van der Waals surface area (Å²) in [5.74, 6) is -0.445. The third-order valence-corrected chi connectivity index (χ3v) is 6.60. The molecule has 11 heteroatoms.